The van der Waals surface area contributed by atoms with Gasteiger partial charge in [0.2, 0.25) is 6.10 Å². The van der Waals surface area contributed by atoms with Crippen molar-refractivity contribution < 1.29 is 19.2 Å². The van der Waals surface area contributed by atoms with Crippen LogP contribution in [0.5, 0.6) is 5.75 Å². The van der Waals surface area contributed by atoms with E-state index in [9.17, 15) is 9.59 Å². The van der Waals surface area contributed by atoms with E-state index in [1.54, 1.807) is 30.3 Å². The smallest absolute Gasteiger partial charge is 0.270 e. The maximum Gasteiger partial charge on any atom is 0.270 e. The molecule has 0 saturated heterocycles. The Balaban J connectivity index is 1.89. The van der Waals surface area contributed by atoms with Crippen LogP contribution in [-0.4, -0.2) is 31.2 Å². The number of benzene rings is 2. The lowest BCUT2D eigenvalue weighted by Crippen LogP contribution is -2.26. The number of hydrogen-bond acceptors (Lipinski definition) is 6. The molecular formula is C19H17ClN4O4. The van der Waals surface area contributed by atoms with Gasteiger partial charge in [0.25, 0.3) is 11.8 Å². The molecule has 0 heterocycles. The van der Waals surface area contributed by atoms with Crippen LogP contribution in [0.1, 0.15) is 12.5 Å². The number of methoxy groups -OCH3 is 1. The normalized spacial score (nSPS) is 11.4. The van der Waals surface area contributed by atoms with Gasteiger partial charge < -0.3 is 20.2 Å². The molecule has 2 aromatic rings. The molecule has 0 fully saturated rings. The number of amides is 2. The summed E-state index contributed by atoms with van der Waals surface area (Å²) < 4.78 is 5.13. The second kappa shape index (κ2) is 9.94. The van der Waals surface area contributed by atoms with Gasteiger partial charge in [-0.15, -0.1) is 0 Å². The zero-order valence-electron chi connectivity index (χ0n) is 15.1. The fraction of sp³-hybridized carbons (Fsp3) is 0.158. The molecule has 2 rings (SSSR count). The Morgan fingerprint density at radius 1 is 1.25 bits per heavy atom. The molecule has 2 aromatic carbocycles. The zero-order valence-corrected chi connectivity index (χ0v) is 15.9. The monoisotopic (exact) mass is 400 g/mol. The number of hydrogen-bond donors (Lipinski definition) is 2. The van der Waals surface area contributed by atoms with Gasteiger partial charge >= 0.3 is 0 Å². The second-order valence-electron chi connectivity index (χ2n) is 5.50. The largest absolute Gasteiger partial charge is 0.495 e. The Bertz CT molecular complexity index is 940. The van der Waals surface area contributed by atoms with Gasteiger partial charge in [0.15, 0.2) is 0 Å². The second-order valence-corrected chi connectivity index (χ2v) is 5.93. The number of nitrogens with one attached hydrogen (secondary N) is 2. The van der Waals surface area contributed by atoms with Gasteiger partial charge in [0, 0.05) is 10.7 Å². The number of nitrogens with zero attached hydrogens (tertiary/aromatic N) is 2. The standard InChI is InChI=1S/C19H17ClN4O4/c1-12(19(26)23-15-5-3-4-13(8-15)10-21)28-22-11-18(25)24-16-9-14(20)6-7-17(16)27-2/h3-9,11-12H,1-2H3,(H,23,26)(H,24,25)/b22-11-/t12-/m1/s1. The maximum absolute atomic E-state index is 12.1. The van der Waals surface area contributed by atoms with Gasteiger partial charge in [-0.05, 0) is 43.3 Å². The molecule has 8 nitrogen and oxygen atoms in total. The van der Waals surface area contributed by atoms with Crippen molar-refractivity contribution in [2.75, 3.05) is 17.7 Å². The van der Waals surface area contributed by atoms with Crippen molar-refractivity contribution in [3.63, 3.8) is 0 Å². The lowest BCUT2D eigenvalue weighted by atomic mass is 10.2. The topological polar surface area (TPSA) is 113 Å². The van der Waals surface area contributed by atoms with E-state index in [2.05, 4.69) is 15.8 Å². The Labute approximate surface area is 166 Å². The first-order chi connectivity index (χ1) is 13.4. The lowest BCUT2D eigenvalue weighted by Gasteiger charge is -2.11. The van der Waals surface area contributed by atoms with Gasteiger partial charge in [-0.2, -0.15) is 5.26 Å². The number of halogens is 1. The molecule has 0 spiro atoms. The van der Waals surface area contributed by atoms with Crippen LogP contribution in [0.15, 0.2) is 47.6 Å². The van der Waals surface area contributed by atoms with Crippen molar-refractivity contribution in [1.82, 2.24) is 0 Å². The molecule has 0 radical (unpaired) electrons. The summed E-state index contributed by atoms with van der Waals surface area (Å²) >= 11 is 5.90. The predicted octanol–water partition coefficient (Wildman–Crippen LogP) is 3.19. The summed E-state index contributed by atoms with van der Waals surface area (Å²) in [6, 6.07) is 13.2. The van der Waals surface area contributed by atoms with E-state index < -0.39 is 17.9 Å². The molecule has 0 aliphatic carbocycles. The highest BCUT2D eigenvalue weighted by atomic mass is 35.5. The number of oxime groups is 1. The Morgan fingerprint density at radius 3 is 2.75 bits per heavy atom. The molecule has 0 aromatic heterocycles. The minimum atomic E-state index is -0.963. The average molecular weight is 401 g/mol. The highest BCUT2D eigenvalue weighted by Crippen LogP contribution is 2.27. The maximum atomic E-state index is 12.1. The minimum Gasteiger partial charge on any atom is -0.495 e. The molecule has 0 aliphatic heterocycles. The van der Waals surface area contributed by atoms with E-state index >= 15 is 0 Å². The summed E-state index contributed by atoms with van der Waals surface area (Å²) in [5.74, 6) is -0.640. The Kier molecular flexibility index (Phi) is 7.37. The van der Waals surface area contributed by atoms with E-state index in [1.807, 2.05) is 6.07 Å². The molecular weight excluding hydrogens is 384 g/mol. The fourth-order valence-electron chi connectivity index (χ4n) is 2.07. The van der Waals surface area contributed by atoms with E-state index in [0.717, 1.165) is 6.21 Å². The Hall–Kier alpha value is -3.57. The summed E-state index contributed by atoms with van der Waals surface area (Å²) in [4.78, 5) is 29.0. The highest BCUT2D eigenvalue weighted by Gasteiger charge is 2.14. The third-order valence-electron chi connectivity index (χ3n) is 3.44. The van der Waals surface area contributed by atoms with Gasteiger partial charge in [0.1, 0.15) is 12.0 Å². The van der Waals surface area contributed by atoms with Crippen LogP contribution in [0.3, 0.4) is 0 Å². The summed E-state index contributed by atoms with van der Waals surface area (Å²) in [5, 5.41) is 18.0. The van der Waals surface area contributed by atoms with E-state index in [0.29, 0.717) is 27.7 Å². The van der Waals surface area contributed by atoms with Crippen LogP contribution in [0.25, 0.3) is 0 Å². The van der Waals surface area contributed by atoms with Gasteiger partial charge in [-0.1, -0.05) is 22.8 Å². The van der Waals surface area contributed by atoms with Gasteiger partial charge in [-0.25, -0.2) is 0 Å². The number of rotatable bonds is 7. The summed E-state index contributed by atoms with van der Waals surface area (Å²) in [6.07, 6.45) is -0.0732. The molecule has 0 bridgehead atoms. The third kappa shape index (κ3) is 6.00. The molecule has 0 aliphatic rings. The van der Waals surface area contributed by atoms with Crippen molar-refractivity contribution in [2.24, 2.45) is 5.16 Å². The fourth-order valence-corrected chi connectivity index (χ4v) is 2.24. The van der Waals surface area contributed by atoms with Crippen LogP contribution in [0.2, 0.25) is 5.02 Å². The van der Waals surface area contributed by atoms with Crippen molar-refractivity contribution in [3.05, 3.63) is 53.1 Å². The van der Waals surface area contributed by atoms with Crippen molar-refractivity contribution in [3.8, 4) is 11.8 Å². The first-order valence-electron chi connectivity index (χ1n) is 8.07. The van der Waals surface area contributed by atoms with E-state index in [1.165, 1.54) is 26.2 Å². The summed E-state index contributed by atoms with van der Waals surface area (Å²) in [7, 11) is 1.46. The number of nitriles is 1. The molecule has 0 saturated carbocycles. The van der Waals surface area contributed by atoms with Gasteiger partial charge in [0.05, 0.1) is 24.4 Å². The molecule has 2 amide bonds. The van der Waals surface area contributed by atoms with Crippen LogP contribution in [-0.2, 0) is 14.4 Å². The summed E-state index contributed by atoms with van der Waals surface area (Å²) in [5.41, 5.74) is 1.24. The average Bonchev–Trinajstić information content (AvgIpc) is 2.68. The molecule has 9 heteroatoms. The molecule has 28 heavy (non-hydrogen) atoms. The lowest BCUT2D eigenvalue weighted by molar-refractivity contribution is -0.126. The first-order valence-corrected chi connectivity index (χ1v) is 8.45. The molecule has 1 atom stereocenters. The molecule has 2 N–H and O–H groups in total. The van der Waals surface area contributed by atoms with Crippen molar-refractivity contribution in [2.45, 2.75) is 13.0 Å². The van der Waals surface area contributed by atoms with Crippen molar-refractivity contribution >= 4 is 41.0 Å². The van der Waals surface area contributed by atoms with E-state index in [4.69, 9.17) is 26.4 Å². The number of carbonyl (C=O) groups is 2. The minimum absolute atomic E-state index is 0.370. The molecule has 0 unspecified atom stereocenters. The van der Waals surface area contributed by atoms with Crippen LogP contribution >= 0.6 is 11.6 Å². The van der Waals surface area contributed by atoms with Crippen molar-refractivity contribution in [1.29, 1.82) is 5.26 Å². The predicted molar refractivity (Wildman–Crippen MR) is 105 cm³/mol. The molecule has 144 valence electrons. The highest BCUT2D eigenvalue weighted by molar-refractivity contribution is 6.33. The SMILES string of the molecule is COc1ccc(Cl)cc1NC(=O)/C=N\O[C@H](C)C(=O)Nc1cccc(C#N)c1. The number of carbonyl (C=O) groups excluding carboxylic acids is 2. The third-order valence-corrected chi connectivity index (χ3v) is 3.67. The van der Waals surface area contributed by atoms with Crippen LogP contribution in [0.4, 0.5) is 11.4 Å². The van der Waals surface area contributed by atoms with Gasteiger partial charge in [-0.3, -0.25) is 9.59 Å². The first kappa shape index (κ1) is 20.7. The van der Waals surface area contributed by atoms with Crippen LogP contribution in [0, 0.1) is 11.3 Å². The van der Waals surface area contributed by atoms with E-state index in [-0.39, 0.29) is 0 Å². The van der Waals surface area contributed by atoms with Crippen LogP contribution < -0.4 is 15.4 Å². The zero-order chi connectivity index (χ0) is 20.5. The number of anilines is 2. The Morgan fingerprint density at radius 2 is 2.04 bits per heavy atom. The number of ether oxygens (including phenoxy) is 1. The summed E-state index contributed by atoms with van der Waals surface area (Å²) in [6.45, 7) is 1.47. The quantitative estimate of drug-likeness (QED) is 0.547.